The minimum atomic E-state index is 0.225. The second-order valence-corrected chi connectivity index (χ2v) is 7.87. The molecule has 2 aliphatic rings. The normalized spacial score (nSPS) is 32.4. The fourth-order valence-corrected chi connectivity index (χ4v) is 5.00. The van der Waals surface area contributed by atoms with Gasteiger partial charge < -0.3 is 5.11 Å². The highest BCUT2D eigenvalue weighted by Gasteiger charge is 2.43. The highest BCUT2D eigenvalue weighted by molar-refractivity contribution is 5.43. The van der Waals surface area contributed by atoms with Gasteiger partial charge in [0, 0.05) is 5.56 Å². The summed E-state index contributed by atoms with van der Waals surface area (Å²) in [5.41, 5.74) is 2.84. The lowest BCUT2D eigenvalue weighted by atomic mass is 9.57. The Bertz CT molecular complexity index is 491. The minimum Gasteiger partial charge on any atom is -0.508 e. The fourth-order valence-electron chi connectivity index (χ4n) is 5.00. The molecule has 0 radical (unpaired) electrons. The second-order valence-electron chi connectivity index (χ2n) is 7.87. The van der Waals surface area contributed by atoms with Gasteiger partial charge in [0.25, 0.3) is 0 Å². The van der Waals surface area contributed by atoms with E-state index in [1.807, 2.05) is 6.07 Å². The second kappa shape index (κ2) is 5.66. The molecule has 116 valence electrons. The number of rotatable bonds is 3. The molecule has 2 fully saturated rings. The lowest BCUT2D eigenvalue weighted by molar-refractivity contribution is 0.105. The zero-order valence-electron chi connectivity index (χ0n) is 13.9. The molecule has 21 heavy (non-hydrogen) atoms. The average molecular weight is 286 g/mol. The monoisotopic (exact) mass is 286 g/mol. The average Bonchev–Trinajstić information content (AvgIpc) is 2.46. The van der Waals surface area contributed by atoms with Crippen LogP contribution in [0.1, 0.15) is 82.8 Å². The molecule has 1 nitrogen and oxygen atoms in total. The van der Waals surface area contributed by atoms with Gasteiger partial charge in [-0.15, -0.1) is 0 Å². The van der Waals surface area contributed by atoms with E-state index in [1.54, 1.807) is 0 Å². The first-order valence-corrected chi connectivity index (χ1v) is 8.87. The van der Waals surface area contributed by atoms with Crippen LogP contribution in [-0.2, 0) is 5.41 Å². The number of phenols is 1. The Morgan fingerprint density at radius 1 is 1.19 bits per heavy atom. The molecule has 2 aliphatic carbocycles. The molecule has 0 saturated heterocycles. The van der Waals surface area contributed by atoms with Crippen molar-refractivity contribution < 1.29 is 5.11 Å². The first kappa shape index (κ1) is 14.9. The lowest BCUT2D eigenvalue weighted by Crippen LogP contribution is -2.38. The van der Waals surface area contributed by atoms with E-state index < -0.39 is 0 Å². The SMILES string of the molecule is CCC1(c2cc(C(C)C)ccc2O)CC2CCCC(C2)C1. The van der Waals surface area contributed by atoms with E-state index in [2.05, 4.69) is 32.9 Å². The third-order valence-corrected chi connectivity index (χ3v) is 6.19. The number of benzene rings is 1. The highest BCUT2D eigenvalue weighted by atomic mass is 16.3. The Labute approximate surface area is 129 Å². The van der Waals surface area contributed by atoms with Crippen LogP contribution in [0.25, 0.3) is 0 Å². The number of hydrogen-bond donors (Lipinski definition) is 1. The maximum absolute atomic E-state index is 10.5. The molecule has 2 atom stereocenters. The Morgan fingerprint density at radius 2 is 1.86 bits per heavy atom. The molecule has 2 bridgehead atoms. The first-order valence-electron chi connectivity index (χ1n) is 8.87. The molecule has 1 N–H and O–H groups in total. The summed E-state index contributed by atoms with van der Waals surface area (Å²) in [5, 5.41) is 10.5. The third-order valence-electron chi connectivity index (χ3n) is 6.19. The maximum Gasteiger partial charge on any atom is 0.119 e. The van der Waals surface area contributed by atoms with Crippen LogP contribution in [-0.4, -0.2) is 5.11 Å². The van der Waals surface area contributed by atoms with E-state index in [-0.39, 0.29) is 5.41 Å². The Kier molecular flexibility index (Phi) is 4.03. The summed E-state index contributed by atoms with van der Waals surface area (Å²) >= 11 is 0. The summed E-state index contributed by atoms with van der Waals surface area (Å²) in [6, 6.07) is 6.34. The molecule has 0 amide bonds. The van der Waals surface area contributed by atoms with Gasteiger partial charge in [0.2, 0.25) is 0 Å². The molecule has 0 aliphatic heterocycles. The molecule has 0 heterocycles. The van der Waals surface area contributed by atoms with Gasteiger partial charge in [0.05, 0.1) is 0 Å². The van der Waals surface area contributed by atoms with Gasteiger partial charge in [-0.3, -0.25) is 0 Å². The number of fused-ring (bicyclic) bond motifs is 2. The van der Waals surface area contributed by atoms with Gasteiger partial charge in [-0.05, 0) is 60.5 Å². The molecule has 1 aromatic rings. The molecular formula is C20H30O. The highest BCUT2D eigenvalue weighted by Crippen LogP contribution is 2.53. The molecule has 1 heteroatoms. The molecule has 0 spiro atoms. The first-order chi connectivity index (χ1) is 10.0. The van der Waals surface area contributed by atoms with Crippen LogP contribution in [0.5, 0.6) is 5.75 Å². The molecule has 1 aromatic carbocycles. The zero-order chi connectivity index (χ0) is 15.0. The van der Waals surface area contributed by atoms with Crippen LogP contribution < -0.4 is 0 Å². The van der Waals surface area contributed by atoms with E-state index in [0.717, 1.165) is 18.3 Å². The summed E-state index contributed by atoms with van der Waals surface area (Å²) in [7, 11) is 0. The van der Waals surface area contributed by atoms with Crippen molar-refractivity contribution in [3.05, 3.63) is 29.3 Å². The van der Waals surface area contributed by atoms with Crippen molar-refractivity contribution in [1.29, 1.82) is 0 Å². The van der Waals surface area contributed by atoms with Crippen LogP contribution in [0.4, 0.5) is 0 Å². The standard InChI is InChI=1S/C20H30O/c1-4-20(12-15-6-5-7-16(10-15)13-20)18-11-17(14(2)3)8-9-19(18)21/h8-9,11,14-16,21H,4-7,10,12-13H2,1-3H3. The van der Waals surface area contributed by atoms with Crippen molar-refractivity contribution in [2.45, 2.75) is 77.0 Å². The molecule has 0 aromatic heterocycles. The summed E-state index contributed by atoms with van der Waals surface area (Å²) < 4.78 is 0. The largest absolute Gasteiger partial charge is 0.508 e. The quantitative estimate of drug-likeness (QED) is 0.748. The van der Waals surface area contributed by atoms with Crippen LogP contribution in [0.15, 0.2) is 18.2 Å². The van der Waals surface area contributed by atoms with E-state index in [4.69, 9.17) is 0 Å². The van der Waals surface area contributed by atoms with Crippen molar-refractivity contribution >= 4 is 0 Å². The Balaban J connectivity index is 2.01. The number of hydrogen-bond acceptors (Lipinski definition) is 1. The number of phenolic OH excluding ortho intramolecular Hbond substituents is 1. The van der Waals surface area contributed by atoms with E-state index >= 15 is 0 Å². The van der Waals surface area contributed by atoms with Gasteiger partial charge in [0.1, 0.15) is 5.75 Å². The molecule has 3 rings (SSSR count). The van der Waals surface area contributed by atoms with Crippen molar-refractivity contribution in [3.63, 3.8) is 0 Å². The van der Waals surface area contributed by atoms with E-state index in [9.17, 15) is 5.11 Å². The molecule has 2 unspecified atom stereocenters. The Hall–Kier alpha value is -0.980. The summed E-state index contributed by atoms with van der Waals surface area (Å²) in [6.07, 6.45) is 9.41. The van der Waals surface area contributed by atoms with Gasteiger partial charge >= 0.3 is 0 Å². The Morgan fingerprint density at radius 3 is 2.43 bits per heavy atom. The number of aromatic hydroxyl groups is 1. The van der Waals surface area contributed by atoms with Crippen LogP contribution in [0.2, 0.25) is 0 Å². The van der Waals surface area contributed by atoms with Crippen molar-refractivity contribution in [3.8, 4) is 5.75 Å². The topological polar surface area (TPSA) is 20.2 Å². The van der Waals surface area contributed by atoms with Crippen molar-refractivity contribution in [2.24, 2.45) is 11.8 Å². The minimum absolute atomic E-state index is 0.225. The summed E-state index contributed by atoms with van der Waals surface area (Å²) in [6.45, 7) is 6.80. The zero-order valence-corrected chi connectivity index (χ0v) is 13.9. The van der Waals surface area contributed by atoms with Gasteiger partial charge in [0.15, 0.2) is 0 Å². The third kappa shape index (κ3) is 2.72. The van der Waals surface area contributed by atoms with E-state index in [1.165, 1.54) is 49.7 Å². The van der Waals surface area contributed by atoms with Crippen molar-refractivity contribution in [1.82, 2.24) is 0 Å². The lowest BCUT2D eigenvalue weighted by Gasteiger charge is -2.47. The van der Waals surface area contributed by atoms with Crippen LogP contribution >= 0.6 is 0 Å². The van der Waals surface area contributed by atoms with E-state index in [0.29, 0.717) is 11.7 Å². The predicted molar refractivity (Wildman–Crippen MR) is 88.8 cm³/mol. The molecule has 2 saturated carbocycles. The van der Waals surface area contributed by atoms with Gasteiger partial charge in [-0.2, -0.15) is 0 Å². The predicted octanol–water partition coefficient (Wildman–Crippen LogP) is 5.76. The maximum atomic E-state index is 10.5. The summed E-state index contributed by atoms with van der Waals surface area (Å²) in [5.74, 6) is 2.83. The molecular weight excluding hydrogens is 256 g/mol. The summed E-state index contributed by atoms with van der Waals surface area (Å²) in [4.78, 5) is 0. The van der Waals surface area contributed by atoms with Crippen molar-refractivity contribution in [2.75, 3.05) is 0 Å². The fraction of sp³-hybridized carbons (Fsp3) is 0.700. The van der Waals surface area contributed by atoms with Crippen LogP contribution in [0, 0.1) is 11.8 Å². The smallest absolute Gasteiger partial charge is 0.119 e. The van der Waals surface area contributed by atoms with Crippen LogP contribution in [0.3, 0.4) is 0 Å². The van der Waals surface area contributed by atoms with Gasteiger partial charge in [-0.25, -0.2) is 0 Å². The van der Waals surface area contributed by atoms with Gasteiger partial charge in [-0.1, -0.05) is 52.2 Å².